The van der Waals surface area contributed by atoms with E-state index in [9.17, 15) is 4.79 Å². The Balaban J connectivity index is 2.29. The molecule has 1 N–H and O–H groups in total. The van der Waals surface area contributed by atoms with E-state index in [1.807, 2.05) is 0 Å². The molecule has 2 aromatic rings. The van der Waals surface area contributed by atoms with Crippen LogP contribution < -0.4 is 14.8 Å². The van der Waals surface area contributed by atoms with Crippen molar-refractivity contribution in [1.29, 1.82) is 0 Å². The lowest BCUT2D eigenvalue weighted by atomic mass is 10.1. The van der Waals surface area contributed by atoms with E-state index in [-0.39, 0.29) is 11.9 Å². The number of hydrogen-bond acceptors (Lipinski definition) is 5. The number of methoxy groups -OCH3 is 2. The van der Waals surface area contributed by atoms with Crippen LogP contribution in [0.15, 0.2) is 36.7 Å². The minimum atomic E-state index is -0.359. The van der Waals surface area contributed by atoms with Gasteiger partial charge in [-0.2, -0.15) is 0 Å². The monoisotopic (exact) mass is 259 g/mol. The number of nitrogens with one attached hydrogen (secondary N) is 1. The van der Waals surface area contributed by atoms with E-state index in [0.717, 1.165) is 0 Å². The summed E-state index contributed by atoms with van der Waals surface area (Å²) in [6.07, 6.45) is 3.09. The topological polar surface area (TPSA) is 73.3 Å². The first-order chi connectivity index (χ1) is 9.26. The van der Waals surface area contributed by atoms with Gasteiger partial charge in [0.15, 0.2) is 11.5 Å². The van der Waals surface area contributed by atoms with E-state index in [4.69, 9.17) is 9.47 Å². The highest BCUT2D eigenvalue weighted by atomic mass is 16.5. The Kier molecular flexibility index (Phi) is 3.92. The molecule has 1 amide bonds. The molecular formula is C13H13N3O3. The molecule has 0 radical (unpaired) electrons. The van der Waals surface area contributed by atoms with Crippen molar-refractivity contribution in [3.8, 4) is 11.5 Å². The van der Waals surface area contributed by atoms with Crippen LogP contribution in [0.25, 0.3) is 0 Å². The second-order valence-electron chi connectivity index (χ2n) is 3.57. The molecule has 0 atom stereocenters. The molecule has 0 saturated carbocycles. The van der Waals surface area contributed by atoms with E-state index in [1.54, 1.807) is 36.7 Å². The molecule has 0 spiro atoms. The fraction of sp³-hybridized carbons (Fsp3) is 0.154. The molecule has 2 rings (SSSR count). The Labute approximate surface area is 110 Å². The molecule has 0 aliphatic rings. The van der Waals surface area contributed by atoms with Crippen molar-refractivity contribution >= 4 is 11.9 Å². The number of anilines is 1. The van der Waals surface area contributed by atoms with Gasteiger partial charge in [0.2, 0.25) is 5.95 Å². The number of aromatic nitrogens is 2. The first kappa shape index (κ1) is 12.8. The highest BCUT2D eigenvalue weighted by molar-refractivity contribution is 6.05. The van der Waals surface area contributed by atoms with Crippen molar-refractivity contribution in [2.24, 2.45) is 0 Å². The van der Waals surface area contributed by atoms with E-state index < -0.39 is 0 Å². The minimum Gasteiger partial charge on any atom is -0.493 e. The first-order valence-corrected chi connectivity index (χ1v) is 5.55. The fourth-order valence-electron chi connectivity index (χ4n) is 1.60. The summed E-state index contributed by atoms with van der Waals surface area (Å²) in [6, 6.07) is 6.73. The van der Waals surface area contributed by atoms with Crippen molar-refractivity contribution in [2.75, 3.05) is 19.5 Å². The second kappa shape index (κ2) is 5.81. The second-order valence-corrected chi connectivity index (χ2v) is 3.57. The van der Waals surface area contributed by atoms with Crippen LogP contribution in [0.4, 0.5) is 5.95 Å². The molecule has 0 unspecified atom stereocenters. The van der Waals surface area contributed by atoms with Crippen LogP contribution >= 0.6 is 0 Å². The summed E-state index contributed by atoms with van der Waals surface area (Å²) in [6.45, 7) is 0. The van der Waals surface area contributed by atoms with Gasteiger partial charge in [-0.05, 0) is 18.2 Å². The normalized spacial score (nSPS) is 9.79. The van der Waals surface area contributed by atoms with Gasteiger partial charge in [0, 0.05) is 12.4 Å². The summed E-state index contributed by atoms with van der Waals surface area (Å²) >= 11 is 0. The van der Waals surface area contributed by atoms with Gasteiger partial charge in [0.1, 0.15) is 0 Å². The third-order valence-corrected chi connectivity index (χ3v) is 2.44. The Morgan fingerprint density at radius 2 is 1.84 bits per heavy atom. The number of benzene rings is 1. The Morgan fingerprint density at radius 3 is 2.47 bits per heavy atom. The quantitative estimate of drug-likeness (QED) is 0.905. The zero-order chi connectivity index (χ0) is 13.7. The van der Waals surface area contributed by atoms with Gasteiger partial charge in [-0.25, -0.2) is 9.97 Å². The molecule has 0 aliphatic heterocycles. The highest BCUT2D eigenvalue weighted by Crippen LogP contribution is 2.30. The predicted octanol–water partition coefficient (Wildman–Crippen LogP) is 1.75. The summed E-state index contributed by atoms with van der Waals surface area (Å²) in [4.78, 5) is 20.0. The minimum absolute atomic E-state index is 0.234. The molecule has 1 aromatic carbocycles. The number of amides is 1. The molecule has 6 nitrogen and oxygen atoms in total. The summed E-state index contributed by atoms with van der Waals surface area (Å²) in [7, 11) is 2.99. The predicted molar refractivity (Wildman–Crippen MR) is 69.5 cm³/mol. The Hall–Kier alpha value is -2.63. The third-order valence-electron chi connectivity index (χ3n) is 2.44. The molecule has 0 saturated heterocycles. The van der Waals surface area contributed by atoms with Crippen LogP contribution in [-0.4, -0.2) is 30.1 Å². The van der Waals surface area contributed by atoms with Crippen LogP contribution in [0.3, 0.4) is 0 Å². The largest absolute Gasteiger partial charge is 0.493 e. The molecule has 19 heavy (non-hydrogen) atoms. The number of ether oxygens (including phenoxy) is 2. The number of hydrogen-bond donors (Lipinski definition) is 1. The maximum absolute atomic E-state index is 12.1. The van der Waals surface area contributed by atoms with Gasteiger partial charge < -0.3 is 9.47 Å². The molecule has 0 aliphatic carbocycles. The van der Waals surface area contributed by atoms with Gasteiger partial charge in [-0.1, -0.05) is 6.07 Å². The van der Waals surface area contributed by atoms with Gasteiger partial charge in [-0.3, -0.25) is 10.1 Å². The Bertz CT molecular complexity index is 573. The van der Waals surface area contributed by atoms with E-state index >= 15 is 0 Å². The highest BCUT2D eigenvalue weighted by Gasteiger charge is 2.16. The third kappa shape index (κ3) is 2.79. The summed E-state index contributed by atoms with van der Waals surface area (Å²) in [5, 5.41) is 2.59. The number of carbonyl (C=O) groups is 1. The Morgan fingerprint density at radius 1 is 1.11 bits per heavy atom. The first-order valence-electron chi connectivity index (χ1n) is 5.55. The zero-order valence-electron chi connectivity index (χ0n) is 10.6. The average Bonchev–Trinajstić information content (AvgIpc) is 2.47. The van der Waals surface area contributed by atoms with Crippen molar-refractivity contribution in [3.63, 3.8) is 0 Å². The van der Waals surface area contributed by atoms with Crippen LogP contribution in [-0.2, 0) is 0 Å². The van der Waals surface area contributed by atoms with Crippen molar-refractivity contribution in [2.45, 2.75) is 0 Å². The van der Waals surface area contributed by atoms with Crippen LogP contribution in [0.5, 0.6) is 11.5 Å². The molecule has 0 bridgehead atoms. The lowest BCUT2D eigenvalue weighted by Crippen LogP contribution is -2.15. The summed E-state index contributed by atoms with van der Waals surface area (Å²) in [5.74, 6) is 0.738. The maximum Gasteiger partial charge on any atom is 0.261 e. The molecule has 98 valence electrons. The molecule has 6 heteroatoms. The fourth-order valence-corrected chi connectivity index (χ4v) is 1.60. The number of carbonyl (C=O) groups excluding carboxylic acids is 1. The number of nitrogens with zero attached hydrogens (tertiary/aromatic N) is 2. The van der Waals surface area contributed by atoms with Crippen molar-refractivity contribution < 1.29 is 14.3 Å². The van der Waals surface area contributed by atoms with Gasteiger partial charge in [-0.15, -0.1) is 0 Å². The summed E-state index contributed by atoms with van der Waals surface area (Å²) < 4.78 is 10.3. The van der Waals surface area contributed by atoms with Gasteiger partial charge >= 0.3 is 0 Å². The van der Waals surface area contributed by atoms with E-state index in [1.165, 1.54) is 14.2 Å². The molecular weight excluding hydrogens is 246 g/mol. The molecule has 0 fully saturated rings. The van der Waals surface area contributed by atoms with Crippen LogP contribution in [0, 0.1) is 0 Å². The van der Waals surface area contributed by atoms with Gasteiger partial charge in [0.25, 0.3) is 5.91 Å². The van der Waals surface area contributed by atoms with E-state index in [2.05, 4.69) is 15.3 Å². The van der Waals surface area contributed by atoms with E-state index in [0.29, 0.717) is 17.1 Å². The van der Waals surface area contributed by atoms with Gasteiger partial charge in [0.05, 0.1) is 19.8 Å². The number of rotatable bonds is 4. The zero-order valence-corrected chi connectivity index (χ0v) is 10.6. The van der Waals surface area contributed by atoms with Crippen LogP contribution in [0.1, 0.15) is 10.4 Å². The van der Waals surface area contributed by atoms with Crippen molar-refractivity contribution in [1.82, 2.24) is 9.97 Å². The lowest BCUT2D eigenvalue weighted by molar-refractivity contribution is 0.102. The number of para-hydroxylation sites is 1. The molecule has 1 heterocycles. The summed E-state index contributed by atoms with van der Waals surface area (Å²) in [5.41, 5.74) is 0.356. The van der Waals surface area contributed by atoms with Crippen LogP contribution in [0.2, 0.25) is 0 Å². The maximum atomic E-state index is 12.1. The standard InChI is InChI=1S/C13H13N3O3/c1-18-10-6-3-5-9(11(10)19-2)12(17)16-13-14-7-4-8-15-13/h3-8H,1-2H3,(H,14,15,16,17). The van der Waals surface area contributed by atoms with Crippen molar-refractivity contribution in [3.05, 3.63) is 42.2 Å². The molecule has 1 aromatic heterocycles. The average molecular weight is 259 g/mol. The smallest absolute Gasteiger partial charge is 0.261 e. The SMILES string of the molecule is COc1cccc(C(=O)Nc2ncccn2)c1OC. The lowest BCUT2D eigenvalue weighted by Gasteiger charge is -2.11.